The SMILES string of the molecule is Cc1cc(C)cc(OP(=O)(O)Oc2ccc(C(=Cc3ccc(F)cc3)c3ccc(O)cc3)cc2)c1. The van der Waals surface area contributed by atoms with Crippen LogP contribution in [0.2, 0.25) is 0 Å². The molecule has 2 N–H and O–H groups in total. The first kappa shape index (κ1) is 24.3. The first-order chi connectivity index (χ1) is 16.7. The van der Waals surface area contributed by atoms with Gasteiger partial charge in [-0.1, -0.05) is 42.5 Å². The minimum Gasteiger partial charge on any atom is -0.508 e. The van der Waals surface area contributed by atoms with Crippen molar-refractivity contribution in [3.05, 3.63) is 125 Å². The second kappa shape index (κ2) is 10.2. The number of halogens is 1. The molecule has 0 aliphatic rings. The number of hydrogen-bond acceptors (Lipinski definition) is 4. The van der Waals surface area contributed by atoms with Gasteiger partial charge in [0.2, 0.25) is 0 Å². The molecule has 0 heterocycles. The second-order valence-corrected chi connectivity index (χ2v) is 9.46. The lowest BCUT2D eigenvalue weighted by Gasteiger charge is -2.15. The van der Waals surface area contributed by atoms with Gasteiger partial charge in [-0.25, -0.2) is 8.96 Å². The summed E-state index contributed by atoms with van der Waals surface area (Å²) in [6.45, 7) is 3.74. The summed E-state index contributed by atoms with van der Waals surface area (Å²) < 4.78 is 36.4. The molecule has 0 aliphatic heterocycles. The third-order valence-electron chi connectivity index (χ3n) is 5.16. The van der Waals surface area contributed by atoms with Gasteiger partial charge >= 0.3 is 7.82 Å². The summed E-state index contributed by atoms with van der Waals surface area (Å²) in [6.07, 6.45) is 1.89. The lowest BCUT2D eigenvalue weighted by molar-refractivity contribution is 0.291. The van der Waals surface area contributed by atoms with Crippen LogP contribution in [0.15, 0.2) is 91.0 Å². The van der Waals surface area contributed by atoms with Crippen molar-refractivity contribution in [2.45, 2.75) is 13.8 Å². The van der Waals surface area contributed by atoms with E-state index in [0.29, 0.717) is 0 Å². The topological polar surface area (TPSA) is 76.0 Å². The molecule has 0 radical (unpaired) electrons. The molecule has 0 fully saturated rings. The Kier molecular flexibility index (Phi) is 7.06. The van der Waals surface area contributed by atoms with E-state index >= 15 is 0 Å². The molecule has 7 heteroatoms. The van der Waals surface area contributed by atoms with Crippen LogP contribution in [0, 0.1) is 19.7 Å². The number of aromatic hydroxyl groups is 1. The maximum atomic E-state index is 13.4. The lowest BCUT2D eigenvalue weighted by Crippen LogP contribution is -2.00. The Hall–Kier alpha value is -3.86. The van der Waals surface area contributed by atoms with Crippen LogP contribution in [0.3, 0.4) is 0 Å². The Labute approximate surface area is 203 Å². The highest BCUT2D eigenvalue weighted by Crippen LogP contribution is 2.45. The van der Waals surface area contributed by atoms with E-state index in [4.69, 9.17) is 9.05 Å². The molecule has 178 valence electrons. The van der Waals surface area contributed by atoms with E-state index in [1.807, 2.05) is 26.0 Å². The van der Waals surface area contributed by atoms with Gasteiger partial charge in [0.25, 0.3) is 0 Å². The first-order valence-corrected chi connectivity index (χ1v) is 12.3. The molecule has 0 bridgehead atoms. The van der Waals surface area contributed by atoms with E-state index in [1.165, 1.54) is 12.1 Å². The van der Waals surface area contributed by atoms with E-state index < -0.39 is 7.82 Å². The molecule has 35 heavy (non-hydrogen) atoms. The summed E-state index contributed by atoms with van der Waals surface area (Å²) >= 11 is 0. The van der Waals surface area contributed by atoms with Crippen LogP contribution in [-0.4, -0.2) is 10.00 Å². The third kappa shape index (κ3) is 6.60. The van der Waals surface area contributed by atoms with Crippen molar-refractivity contribution in [1.29, 1.82) is 0 Å². The van der Waals surface area contributed by atoms with Crippen molar-refractivity contribution >= 4 is 19.5 Å². The van der Waals surface area contributed by atoms with Crippen LogP contribution in [0.1, 0.15) is 27.8 Å². The van der Waals surface area contributed by atoms with Gasteiger partial charge in [-0.2, -0.15) is 0 Å². The van der Waals surface area contributed by atoms with Crippen molar-refractivity contribution in [2.75, 3.05) is 0 Å². The van der Waals surface area contributed by atoms with Crippen molar-refractivity contribution in [2.24, 2.45) is 0 Å². The number of phenols is 1. The average molecular weight is 490 g/mol. The van der Waals surface area contributed by atoms with Crippen LogP contribution in [0.4, 0.5) is 4.39 Å². The number of rotatable bonds is 7. The van der Waals surface area contributed by atoms with E-state index in [-0.39, 0.29) is 23.1 Å². The molecule has 1 unspecified atom stereocenters. The fourth-order valence-corrected chi connectivity index (χ4v) is 4.46. The van der Waals surface area contributed by atoms with Crippen LogP contribution in [0.25, 0.3) is 11.6 Å². The Morgan fingerprint density at radius 2 is 1.29 bits per heavy atom. The predicted octanol–water partition coefficient (Wildman–Crippen LogP) is 7.30. The summed E-state index contributed by atoms with van der Waals surface area (Å²) in [5.74, 6) is 0.227. The molecule has 0 spiro atoms. The largest absolute Gasteiger partial charge is 0.584 e. The number of hydrogen-bond donors (Lipinski definition) is 2. The molecule has 5 nitrogen and oxygen atoms in total. The number of aryl methyl sites for hydroxylation is 2. The normalized spacial score (nSPS) is 13.2. The number of phosphoric acid groups is 1. The highest BCUT2D eigenvalue weighted by molar-refractivity contribution is 7.48. The van der Waals surface area contributed by atoms with Gasteiger partial charge in [-0.15, -0.1) is 0 Å². The van der Waals surface area contributed by atoms with E-state index in [1.54, 1.807) is 72.8 Å². The van der Waals surface area contributed by atoms with Gasteiger partial charge < -0.3 is 14.2 Å². The molecule has 0 amide bonds. The van der Waals surface area contributed by atoms with Crippen LogP contribution in [0.5, 0.6) is 17.2 Å². The Balaban J connectivity index is 1.60. The maximum Gasteiger partial charge on any atom is 0.584 e. The molecule has 0 aliphatic carbocycles. The van der Waals surface area contributed by atoms with Crippen LogP contribution < -0.4 is 9.05 Å². The molecule has 0 saturated carbocycles. The Morgan fingerprint density at radius 1 is 0.771 bits per heavy atom. The van der Waals surface area contributed by atoms with Crippen LogP contribution in [-0.2, 0) is 4.57 Å². The minimum absolute atomic E-state index is 0.140. The zero-order chi connectivity index (χ0) is 25.0. The Morgan fingerprint density at radius 3 is 1.86 bits per heavy atom. The first-order valence-electron chi connectivity index (χ1n) is 10.8. The van der Waals surface area contributed by atoms with Gasteiger partial charge in [-0.05, 0) is 102 Å². The molecule has 0 aromatic heterocycles. The molecule has 4 aromatic rings. The zero-order valence-electron chi connectivity index (χ0n) is 19.2. The van der Waals surface area contributed by atoms with E-state index in [9.17, 15) is 19.0 Å². The summed E-state index contributed by atoms with van der Waals surface area (Å²) in [4.78, 5) is 10.2. The number of phenolic OH excluding ortho intramolecular Hbond substituents is 1. The maximum absolute atomic E-state index is 13.4. The second-order valence-electron chi connectivity index (χ2n) is 8.16. The lowest BCUT2D eigenvalue weighted by atomic mass is 9.95. The monoisotopic (exact) mass is 490 g/mol. The molecule has 4 rings (SSSR count). The minimum atomic E-state index is -4.42. The van der Waals surface area contributed by atoms with Gasteiger partial charge in [-0.3, -0.25) is 4.89 Å². The molecular formula is C28H24FO5P. The quantitative estimate of drug-likeness (QED) is 0.210. The van der Waals surface area contributed by atoms with Crippen molar-refractivity contribution in [3.63, 3.8) is 0 Å². The summed E-state index contributed by atoms with van der Waals surface area (Å²) in [5, 5.41) is 9.67. The van der Waals surface area contributed by atoms with Crippen molar-refractivity contribution < 1.29 is 28.0 Å². The summed E-state index contributed by atoms with van der Waals surface area (Å²) in [7, 11) is -4.42. The fraction of sp³-hybridized carbons (Fsp3) is 0.0714. The van der Waals surface area contributed by atoms with Gasteiger partial charge in [0.15, 0.2) is 0 Å². The number of phosphoric ester groups is 1. The standard InChI is InChI=1S/C28H24FO5P/c1-19-15-20(2)17-27(16-19)34-35(31,32)33-26-13-7-23(8-14-26)28(22-5-11-25(30)12-6-22)18-21-3-9-24(29)10-4-21/h3-18,30H,1-2H3,(H,31,32). The summed E-state index contributed by atoms with van der Waals surface area (Å²) in [5.41, 5.74) is 5.01. The molecule has 4 aromatic carbocycles. The number of benzene rings is 4. The third-order valence-corrected chi connectivity index (χ3v) is 6.04. The summed E-state index contributed by atoms with van der Waals surface area (Å²) in [6, 6.07) is 24.7. The van der Waals surface area contributed by atoms with Gasteiger partial charge in [0.1, 0.15) is 23.1 Å². The predicted molar refractivity (Wildman–Crippen MR) is 135 cm³/mol. The molecule has 1 atom stereocenters. The van der Waals surface area contributed by atoms with Crippen molar-refractivity contribution in [3.8, 4) is 17.2 Å². The van der Waals surface area contributed by atoms with Crippen molar-refractivity contribution in [1.82, 2.24) is 0 Å². The van der Waals surface area contributed by atoms with Gasteiger partial charge in [0, 0.05) is 0 Å². The fourth-order valence-electron chi connectivity index (χ4n) is 3.67. The van der Waals surface area contributed by atoms with Gasteiger partial charge in [0.05, 0.1) is 0 Å². The van der Waals surface area contributed by atoms with Crippen LogP contribution >= 0.6 is 7.82 Å². The smallest absolute Gasteiger partial charge is 0.508 e. The highest BCUT2D eigenvalue weighted by atomic mass is 31.2. The molecule has 0 saturated heterocycles. The van der Waals surface area contributed by atoms with E-state index in [0.717, 1.165) is 33.4 Å². The molecular weight excluding hydrogens is 466 g/mol. The van der Waals surface area contributed by atoms with E-state index in [2.05, 4.69) is 0 Å². The zero-order valence-corrected chi connectivity index (χ0v) is 20.1. The Bertz CT molecular complexity index is 1370. The average Bonchev–Trinajstić information content (AvgIpc) is 2.79. The highest BCUT2D eigenvalue weighted by Gasteiger charge is 2.25.